The summed E-state index contributed by atoms with van der Waals surface area (Å²) in [6, 6.07) is 7.62. The summed E-state index contributed by atoms with van der Waals surface area (Å²) in [5.41, 5.74) is 2.01. The maximum Gasteiger partial charge on any atom is 0.322 e. The molecule has 0 amide bonds. The number of hydrogen-bond donors (Lipinski definition) is 1. The van der Waals surface area contributed by atoms with Gasteiger partial charge in [0.1, 0.15) is 17.4 Å². The number of methoxy groups -OCH3 is 1. The summed E-state index contributed by atoms with van der Waals surface area (Å²) in [4.78, 5) is 11.4. The number of rotatable bonds is 5. The van der Waals surface area contributed by atoms with Crippen molar-refractivity contribution < 1.29 is 13.9 Å². The molecular formula is C15H19NO3. The standard InChI is InChI=1S/C15H19NO3/c1-4-13-12(9-16-10(2)15(17)18-3)11-7-5-6-8-14(11)19-13/h5-8,10,16H,4,9H2,1-3H3. The van der Waals surface area contributed by atoms with E-state index in [4.69, 9.17) is 9.15 Å². The molecule has 0 spiro atoms. The first kappa shape index (κ1) is 13.6. The predicted octanol–water partition coefficient (Wildman–Crippen LogP) is 2.65. The molecule has 1 aromatic carbocycles. The average molecular weight is 261 g/mol. The quantitative estimate of drug-likeness (QED) is 0.841. The molecule has 19 heavy (non-hydrogen) atoms. The summed E-state index contributed by atoms with van der Waals surface area (Å²) >= 11 is 0. The lowest BCUT2D eigenvalue weighted by Gasteiger charge is -2.11. The van der Waals surface area contributed by atoms with E-state index in [1.807, 2.05) is 24.3 Å². The maximum absolute atomic E-state index is 11.4. The number of hydrogen-bond acceptors (Lipinski definition) is 4. The third-order valence-electron chi connectivity index (χ3n) is 3.24. The number of carbonyl (C=O) groups is 1. The number of aryl methyl sites for hydroxylation is 1. The van der Waals surface area contributed by atoms with E-state index in [1.54, 1.807) is 6.92 Å². The van der Waals surface area contributed by atoms with Crippen LogP contribution in [0.3, 0.4) is 0 Å². The summed E-state index contributed by atoms with van der Waals surface area (Å²) in [6.07, 6.45) is 0.832. The highest BCUT2D eigenvalue weighted by molar-refractivity contribution is 5.82. The van der Waals surface area contributed by atoms with Gasteiger partial charge in [-0.15, -0.1) is 0 Å². The van der Waals surface area contributed by atoms with E-state index >= 15 is 0 Å². The van der Waals surface area contributed by atoms with Crippen molar-refractivity contribution in [3.63, 3.8) is 0 Å². The van der Waals surface area contributed by atoms with Crippen LogP contribution in [0.25, 0.3) is 11.0 Å². The molecule has 2 aromatic rings. The number of benzene rings is 1. The fraction of sp³-hybridized carbons (Fsp3) is 0.400. The van der Waals surface area contributed by atoms with Crippen molar-refractivity contribution in [1.29, 1.82) is 0 Å². The van der Waals surface area contributed by atoms with Gasteiger partial charge in [-0.3, -0.25) is 4.79 Å². The fourth-order valence-corrected chi connectivity index (χ4v) is 2.14. The Balaban J connectivity index is 2.22. The summed E-state index contributed by atoms with van der Waals surface area (Å²) in [7, 11) is 1.39. The first-order valence-corrected chi connectivity index (χ1v) is 6.47. The van der Waals surface area contributed by atoms with Crippen LogP contribution >= 0.6 is 0 Å². The summed E-state index contributed by atoms with van der Waals surface area (Å²) < 4.78 is 10.5. The molecular weight excluding hydrogens is 242 g/mol. The second kappa shape index (κ2) is 5.89. The lowest BCUT2D eigenvalue weighted by molar-refractivity contribution is -0.142. The molecule has 102 valence electrons. The van der Waals surface area contributed by atoms with E-state index in [0.717, 1.165) is 28.7 Å². The molecule has 0 bridgehead atoms. The Morgan fingerprint density at radius 3 is 2.84 bits per heavy atom. The molecule has 4 heteroatoms. The third kappa shape index (κ3) is 2.79. The van der Waals surface area contributed by atoms with Crippen LogP contribution in [-0.2, 0) is 22.5 Å². The molecule has 0 fully saturated rings. The molecule has 0 radical (unpaired) electrons. The topological polar surface area (TPSA) is 51.5 Å². The molecule has 0 aliphatic carbocycles. The van der Waals surface area contributed by atoms with Crippen LogP contribution in [0.4, 0.5) is 0 Å². The Morgan fingerprint density at radius 1 is 1.42 bits per heavy atom. The Hall–Kier alpha value is -1.81. The minimum Gasteiger partial charge on any atom is -0.468 e. The normalized spacial score (nSPS) is 12.6. The highest BCUT2D eigenvalue weighted by Crippen LogP contribution is 2.26. The van der Waals surface area contributed by atoms with Crippen molar-refractivity contribution in [1.82, 2.24) is 5.32 Å². The number of nitrogens with one attached hydrogen (secondary N) is 1. The minimum atomic E-state index is -0.330. The number of para-hydroxylation sites is 1. The van der Waals surface area contributed by atoms with Gasteiger partial charge in [-0.25, -0.2) is 0 Å². The first-order chi connectivity index (χ1) is 9.17. The number of esters is 1. The van der Waals surface area contributed by atoms with E-state index in [1.165, 1.54) is 7.11 Å². The minimum absolute atomic E-state index is 0.258. The highest BCUT2D eigenvalue weighted by Gasteiger charge is 2.16. The van der Waals surface area contributed by atoms with Gasteiger partial charge in [0.05, 0.1) is 7.11 Å². The van der Waals surface area contributed by atoms with Crippen LogP contribution in [-0.4, -0.2) is 19.1 Å². The van der Waals surface area contributed by atoms with E-state index in [-0.39, 0.29) is 12.0 Å². The zero-order valence-electron chi connectivity index (χ0n) is 11.5. The van der Waals surface area contributed by atoms with Gasteiger partial charge in [-0.05, 0) is 13.0 Å². The van der Waals surface area contributed by atoms with E-state index in [0.29, 0.717) is 6.54 Å². The Morgan fingerprint density at radius 2 is 2.16 bits per heavy atom. The van der Waals surface area contributed by atoms with Gasteiger partial charge in [0, 0.05) is 23.9 Å². The summed E-state index contributed by atoms with van der Waals surface area (Å²) in [6.45, 7) is 4.45. The maximum atomic E-state index is 11.4. The van der Waals surface area contributed by atoms with Gasteiger partial charge in [0.25, 0.3) is 0 Å². The molecule has 0 aliphatic heterocycles. The second-order valence-corrected chi connectivity index (χ2v) is 4.48. The van der Waals surface area contributed by atoms with Gasteiger partial charge in [-0.2, -0.15) is 0 Å². The first-order valence-electron chi connectivity index (χ1n) is 6.47. The van der Waals surface area contributed by atoms with Gasteiger partial charge >= 0.3 is 5.97 Å². The molecule has 1 aromatic heterocycles. The van der Waals surface area contributed by atoms with Gasteiger partial charge in [-0.1, -0.05) is 25.1 Å². The average Bonchev–Trinajstić information content (AvgIpc) is 2.81. The Bertz CT molecular complexity index is 574. The van der Waals surface area contributed by atoms with Crippen LogP contribution in [0, 0.1) is 0 Å². The molecule has 1 N–H and O–H groups in total. The molecule has 0 saturated heterocycles. The number of ether oxygens (including phenoxy) is 1. The summed E-state index contributed by atoms with van der Waals surface area (Å²) in [5, 5.41) is 4.27. The van der Waals surface area contributed by atoms with Gasteiger partial charge in [0.15, 0.2) is 0 Å². The third-order valence-corrected chi connectivity index (χ3v) is 3.24. The van der Waals surface area contributed by atoms with Crippen LogP contribution in [0.2, 0.25) is 0 Å². The smallest absolute Gasteiger partial charge is 0.322 e. The SMILES string of the molecule is CCc1oc2ccccc2c1CNC(C)C(=O)OC. The largest absolute Gasteiger partial charge is 0.468 e. The Kier molecular flexibility index (Phi) is 4.22. The summed E-state index contributed by atoms with van der Waals surface area (Å²) in [5.74, 6) is 0.705. The molecule has 1 unspecified atom stereocenters. The van der Waals surface area contributed by atoms with E-state index < -0.39 is 0 Å². The zero-order chi connectivity index (χ0) is 13.8. The van der Waals surface area contributed by atoms with Crippen LogP contribution in [0.1, 0.15) is 25.2 Å². The lowest BCUT2D eigenvalue weighted by atomic mass is 10.1. The second-order valence-electron chi connectivity index (χ2n) is 4.48. The predicted molar refractivity (Wildman–Crippen MR) is 73.9 cm³/mol. The highest BCUT2D eigenvalue weighted by atomic mass is 16.5. The van der Waals surface area contributed by atoms with Crippen LogP contribution in [0.15, 0.2) is 28.7 Å². The monoisotopic (exact) mass is 261 g/mol. The van der Waals surface area contributed by atoms with Crippen LogP contribution in [0.5, 0.6) is 0 Å². The van der Waals surface area contributed by atoms with Crippen molar-refractivity contribution in [2.75, 3.05) is 7.11 Å². The number of carbonyl (C=O) groups excluding carboxylic acids is 1. The fourth-order valence-electron chi connectivity index (χ4n) is 2.14. The van der Waals surface area contributed by atoms with Crippen molar-refractivity contribution in [3.8, 4) is 0 Å². The molecule has 0 aliphatic rings. The lowest BCUT2D eigenvalue weighted by Crippen LogP contribution is -2.34. The van der Waals surface area contributed by atoms with E-state index in [2.05, 4.69) is 12.2 Å². The van der Waals surface area contributed by atoms with Crippen molar-refractivity contribution >= 4 is 16.9 Å². The zero-order valence-corrected chi connectivity index (χ0v) is 11.5. The molecule has 1 heterocycles. The van der Waals surface area contributed by atoms with Crippen molar-refractivity contribution in [2.45, 2.75) is 32.9 Å². The van der Waals surface area contributed by atoms with Crippen LogP contribution < -0.4 is 5.32 Å². The van der Waals surface area contributed by atoms with Gasteiger partial charge < -0.3 is 14.5 Å². The number of furan rings is 1. The molecule has 4 nitrogen and oxygen atoms in total. The van der Waals surface area contributed by atoms with Gasteiger partial charge in [0.2, 0.25) is 0 Å². The number of fused-ring (bicyclic) bond motifs is 1. The molecule has 0 saturated carbocycles. The van der Waals surface area contributed by atoms with E-state index in [9.17, 15) is 4.79 Å². The van der Waals surface area contributed by atoms with Crippen molar-refractivity contribution in [2.24, 2.45) is 0 Å². The Labute approximate surface area is 112 Å². The van der Waals surface area contributed by atoms with Crippen molar-refractivity contribution in [3.05, 3.63) is 35.6 Å². The molecule has 1 atom stereocenters. The molecule has 2 rings (SSSR count).